The van der Waals surface area contributed by atoms with Gasteiger partial charge >= 0.3 is 0 Å². The third-order valence-electron chi connectivity index (χ3n) is 10.6. The molecule has 4 aromatic rings. The number of imidazole rings is 1. The van der Waals surface area contributed by atoms with Gasteiger partial charge in [0.05, 0.1) is 42.1 Å². The lowest BCUT2D eigenvalue weighted by Crippen LogP contribution is -2.44. The van der Waals surface area contributed by atoms with Gasteiger partial charge in [-0.2, -0.15) is 0 Å². The Labute approximate surface area is 467 Å². The maximum Gasteiger partial charge on any atom is 0.242 e. The molecule has 1 saturated heterocycles. The lowest BCUT2D eigenvalue weighted by molar-refractivity contribution is 0.0170. The number of halogens is 1. The number of morpholine rings is 1. The van der Waals surface area contributed by atoms with Crippen LogP contribution in [0.4, 0.5) is 0 Å². The highest BCUT2D eigenvalue weighted by molar-refractivity contribution is 9.10. The minimum atomic E-state index is -0.230. The maximum absolute atomic E-state index is 6.38. The first-order valence-electron chi connectivity index (χ1n) is 20.0. The van der Waals surface area contributed by atoms with Crippen LogP contribution in [0.1, 0.15) is 29.8 Å². The van der Waals surface area contributed by atoms with Crippen LogP contribution < -0.4 is 4.74 Å². The molecular formula is C29H68BClN4O3P30. The molecule has 0 spiro atoms. The van der Waals surface area contributed by atoms with Crippen molar-refractivity contribution in [1.29, 1.82) is 0 Å². The third-order valence-corrected chi connectivity index (χ3v) is 126. The summed E-state index contributed by atoms with van der Waals surface area (Å²) in [6.07, 6.45) is 2.46. The summed E-state index contributed by atoms with van der Waals surface area (Å²) in [7, 11) is 58.1. The molecule has 68 heavy (non-hydrogen) atoms. The Morgan fingerprint density at radius 3 is 1.75 bits per heavy atom. The smallest absolute Gasteiger partial charge is 0.242 e. The molecular weight excluding hydrogens is 1430 g/mol. The highest BCUT2D eigenvalue weighted by atomic mass is 35.5. The van der Waals surface area contributed by atoms with Gasteiger partial charge in [0.1, 0.15) is 17.3 Å². The van der Waals surface area contributed by atoms with Crippen molar-refractivity contribution in [2.75, 3.05) is 33.4 Å². The Morgan fingerprint density at radius 1 is 0.779 bits per heavy atom. The molecule has 382 valence electrons. The van der Waals surface area contributed by atoms with Crippen molar-refractivity contribution < 1.29 is 14.0 Å². The van der Waals surface area contributed by atoms with Crippen molar-refractivity contribution in [2.45, 2.75) is 50.7 Å². The summed E-state index contributed by atoms with van der Waals surface area (Å²) >= 11 is 6.38. The van der Waals surface area contributed by atoms with Crippen LogP contribution >= 0.6 is 257 Å². The van der Waals surface area contributed by atoms with Crippen LogP contribution in [0.5, 0.6) is 5.75 Å². The first-order chi connectivity index (χ1) is 31.9. The van der Waals surface area contributed by atoms with E-state index in [1.807, 2.05) is 26.0 Å². The molecule has 7 nitrogen and oxygen atoms in total. The topological polar surface area (TPSA) is 65.6 Å². The van der Waals surface area contributed by atoms with Gasteiger partial charge in [0, 0.05) is 42.2 Å². The van der Waals surface area contributed by atoms with Gasteiger partial charge in [-0.05, 0) is 133 Å². The molecule has 0 amide bonds. The standard InChI is InChI=1S/C28H33ClN4O3.CH35BP30/c1-18(32-11-13-35-14-12-32)17-33-25-8-7-22(28-19(2)31-36-20(28)3)16-24(25)30-27(33)10-6-21-5-9-26(34-4)23(29)15-21;3-20-25(32(18)19)2(24(4)5)1(21(26(6)7)27(8)9,22(28(10)11)29(12)13)23(30(14)15)31(16)17/h5,7-9,15-16,18H,6,10-14,17H2,1-4H3;20H,3-19H2/t18-;/m0./s1. The lowest BCUT2D eigenvalue weighted by Gasteiger charge is -2.62. The Balaban J connectivity index is 0.000000300. The molecule has 0 bridgehead atoms. The Kier molecular flexibility index (Phi) is 36.2. The number of aromatic nitrogens is 3. The molecule has 0 N–H and O–H groups in total. The number of aryl methyl sites for hydroxylation is 4. The van der Waals surface area contributed by atoms with Crippen molar-refractivity contribution in [3.63, 3.8) is 0 Å². The molecule has 19 unspecified atom stereocenters. The molecule has 1 aliphatic heterocycles. The van der Waals surface area contributed by atoms with Crippen LogP contribution in [0.2, 0.25) is 5.02 Å². The summed E-state index contributed by atoms with van der Waals surface area (Å²) in [5, 5.41) is 4.77. The van der Waals surface area contributed by atoms with Crippen molar-refractivity contribution in [1.82, 2.24) is 19.6 Å². The number of ether oxygens (including phenoxy) is 2. The molecule has 3 heterocycles. The van der Waals surface area contributed by atoms with Gasteiger partial charge in [0.2, 0.25) is 6.15 Å². The van der Waals surface area contributed by atoms with Crippen LogP contribution in [-0.4, -0.2) is 69.8 Å². The van der Waals surface area contributed by atoms with Gasteiger partial charge in [0.25, 0.3) is 0 Å². The van der Waals surface area contributed by atoms with Crippen molar-refractivity contribution in [3.05, 3.63) is 64.3 Å². The van der Waals surface area contributed by atoms with E-state index in [0.29, 0.717) is 21.4 Å². The third kappa shape index (κ3) is 19.0. The van der Waals surface area contributed by atoms with E-state index in [2.05, 4.69) is 198 Å². The minimum Gasteiger partial charge on any atom is -0.495 e. The molecule has 0 saturated carbocycles. The second-order valence-corrected chi connectivity index (χ2v) is 115. The summed E-state index contributed by atoms with van der Waals surface area (Å²) in [6, 6.07) is 12.9. The first-order valence-corrected chi connectivity index (χ1v) is 71.1. The zero-order chi connectivity index (χ0) is 50.9. The van der Waals surface area contributed by atoms with Crippen LogP contribution in [0, 0.1) is 13.8 Å². The molecule has 20 atom stereocenters. The van der Waals surface area contributed by atoms with Crippen LogP contribution in [-0.2, 0) is 24.1 Å². The van der Waals surface area contributed by atoms with Gasteiger partial charge in [0.15, 0.2) is 0 Å². The molecule has 0 radical (unpaired) electrons. The minimum absolute atomic E-state index is 0.0859. The Morgan fingerprint density at radius 2 is 1.32 bits per heavy atom. The summed E-state index contributed by atoms with van der Waals surface area (Å²) in [5.41, 5.74) is 6.32. The highest BCUT2D eigenvalue weighted by Crippen LogP contribution is 3.23. The number of methoxy groups -OCH3 is 1. The number of rotatable bonds is 22. The zero-order valence-electron chi connectivity index (χ0n) is 38.1. The summed E-state index contributed by atoms with van der Waals surface area (Å²) < 4.78 is 19.1. The second-order valence-electron chi connectivity index (χ2n) is 15.0. The molecule has 2 aromatic carbocycles. The van der Waals surface area contributed by atoms with E-state index < -0.39 is 0 Å². The predicted molar refractivity (Wildman–Crippen MR) is 407 cm³/mol. The van der Waals surface area contributed by atoms with Crippen molar-refractivity contribution >= 4 is 274 Å². The Hall–Kier alpha value is 10.1. The fourth-order valence-electron chi connectivity index (χ4n) is 7.83. The molecule has 1 aliphatic rings. The lowest BCUT2D eigenvalue weighted by atomic mass is 10.0. The monoisotopic (exact) mass is 1500 g/mol. The normalized spacial score (nSPS) is 15.4. The quantitative estimate of drug-likeness (QED) is 0.0577. The number of fused-ring (bicyclic) bond motifs is 1. The van der Waals surface area contributed by atoms with Gasteiger partial charge in [-0.1, -0.05) is 51.2 Å². The molecule has 2 aromatic heterocycles. The average molecular weight is 1500 g/mol. The molecule has 5 rings (SSSR count). The molecule has 39 heteroatoms. The van der Waals surface area contributed by atoms with E-state index in [1.165, 1.54) is 0 Å². The van der Waals surface area contributed by atoms with Gasteiger partial charge in [-0.3, -0.25) is 4.90 Å². The van der Waals surface area contributed by atoms with E-state index in [4.69, 9.17) is 30.6 Å². The largest absolute Gasteiger partial charge is 0.495 e. The van der Waals surface area contributed by atoms with Gasteiger partial charge in [-0.15, -0.1) is 152 Å². The summed E-state index contributed by atoms with van der Waals surface area (Å²) in [4.78, 5) is 7.62. The number of benzene rings is 2. The first kappa shape index (κ1) is 70.6. The average Bonchev–Trinajstić information content (AvgIpc) is 3.77. The van der Waals surface area contributed by atoms with Crippen LogP contribution in [0.15, 0.2) is 40.9 Å². The van der Waals surface area contributed by atoms with Crippen molar-refractivity contribution in [2.24, 2.45) is 0 Å². The van der Waals surface area contributed by atoms with Gasteiger partial charge < -0.3 is 18.6 Å². The van der Waals surface area contributed by atoms with E-state index in [9.17, 15) is 0 Å². The second kappa shape index (κ2) is 34.9. The van der Waals surface area contributed by atoms with E-state index in [-0.39, 0.29) is 85.2 Å². The molecule has 0 aliphatic carbocycles. The highest BCUT2D eigenvalue weighted by Gasteiger charge is 2.65. The van der Waals surface area contributed by atoms with E-state index >= 15 is 0 Å². The zero-order valence-corrected chi connectivity index (χ0v) is 70.3. The SMILES string of the molecule is COc1ccc(CCc2nc3cc(-c4c(C)noc4C)ccc3n2C[C@H](C)N2CCOCC2)cc1Cl.PPP(B(P(P)P)C(P(P(P)P)P(P)P)(P(P(P)P)P(P)P)P(P(P)P)P(P)P)P(P)P. The Bertz CT molecular complexity index is 2090. The maximum atomic E-state index is 6.38. The van der Waals surface area contributed by atoms with Crippen LogP contribution in [0.3, 0.4) is 0 Å². The molecule has 1 fully saturated rings. The van der Waals surface area contributed by atoms with E-state index in [1.54, 1.807) is 7.11 Å². The predicted octanol–water partition coefficient (Wildman–Crippen LogP) is 21.4. The van der Waals surface area contributed by atoms with E-state index in [0.717, 1.165) is 105 Å². The summed E-state index contributed by atoms with van der Waals surface area (Å²) in [6.45, 7) is 9.38. The van der Waals surface area contributed by atoms with Crippen LogP contribution in [0.25, 0.3) is 22.2 Å². The number of nitrogens with zero attached hydrogens (tertiary/aromatic N) is 4. The number of hydrogen-bond donors (Lipinski definition) is 0. The number of hydrogen-bond acceptors (Lipinski definition) is 6. The fraction of sp³-hybridized carbons (Fsp3) is 0.448. The van der Waals surface area contributed by atoms with Crippen molar-refractivity contribution in [3.8, 4) is 16.9 Å². The van der Waals surface area contributed by atoms with Gasteiger partial charge in [-0.25, -0.2) is 4.98 Å². The fourth-order valence-corrected chi connectivity index (χ4v) is 228. The summed E-state index contributed by atoms with van der Waals surface area (Å²) in [5.74, 6) is 2.59.